The molecule has 1 amide bonds. The van der Waals surface area contributed by atoms with Crippen LogP contribution in [-0.2, 0) is 4.74 Å². The average molecular weight is 340 g/mol. The minimum atomic E-state index is -0.268. The van der Waals surface area contributed by atoms with Gasteiger partial charge in [-0.25, -0.2) is 4.79 Å². The van der Waals surface area contributed by atoms with E-state index in [4.69, 9.17) is 9.84 Å². The minimum Gasteiger partial charge on any atom is -0.446 e. The summed E-state index contributed by atoms with van der Waals surface area (Å²) in [5, 5.41) is 8.90. The molecule has 25 heavy (non-hydrogen) atoms. The maximum absolute atomic E-state index is 12.3. The van der Waals surface area contributed by atoms with E-state index in [-0.39, 0.29) is 24.8 Å². The van der Waals surface area contributed by atoms with Crippen LogP contribution in [0.1, 0.15) is 37.8 Å². The highest BCUT2D eigenvalue weighted by atomic mass is 16.6. The fourth-order valence-corrected chi connectivity index (χ4v) is 3.16. The van der Waals surface area contributed by atoms with Crippen molar-refractivity contribution in [1.29, 1.82) is 0 Å². The number of cyclic esters (lactones) is 1. The molecule has 5 nitrogen and oxygen atoms in total. The molecular formula is C20H24N2O3. The summed E-state index contributed by atoms with van der Waals surface area (Å²) in [5.74, 6) is 0. The molecular weight excluding hydrogens is 316 g/mol. The van der Waals surface area contributed by atoms with Crippen LogP contribution in [0.25, 0.3) is 11.3 Å². The quantitative estimate of drug-likeness (QED) is 0.869. The number of aliphatic hydroxyl groups excluding tert-OH is 1. The van der Waals surface area contributed by atoms with E-state index in [9.17, 15) is 4.79 Å². The van der Waals surface area contributed by atoms with Crippen molar-refractivity contribution in [2.45, 2.75) is 38.3 Å². The molecule has 0 saturated carbocycles. The summed E-state index contributed by atoms with van der Waals surface area (Å²) < 4.78 is 5.50. The van der Waals surface area contributed by atoms with Crippen LogP contribution < -0.4 is 0 Å². The SMILES string of the molecule is CC(c1ccc(-c2ccccn2)cc1)N1CCC(CCCO)OC1=O. The number of nitrogens with zero attached hydrogens (tertiary/aromatic N) is 2. The Labute approximate surface area is 148 Å². The lowest BCUT2D eigenvalue weighted by molar-refractivity contribution is 0.00760. The van der Waals surface area contributed by atoms with Crippen molar-refractivity contribution in [2.24, 2.45) is 0 Å². The van der Waals surface area contributed by atoms with Gasteiger partial charge in [0, 0.05) is 31.3 Å². The molecule has 1 fully saturated rings. The van der Waals surface area contributed by atoms with Gasteiger partial charge in [0.25, 0.3) is 0 Å². The molecule has 0 spiro atoms. The number of amides is 1. The van der Waals surface area contributed by atoms with E-state index in [1.165, 1.54) is 0 Å². The first-order valence-corrected chi connectivity index (χ1v) is 8.78. The number of aromatic nitrogens is 1. The standard InChI is InChI=1S/C20H24N2O3/c1-15(22-13-11-18(5-4-14-23)25-20(22)24)16-7-9-17(10-8-16)19-6-2-3-12-21-19/h2-3,6-10,12,15,18,23H,4-5,11,13-14H2,1H3. The number of carbonyl (C=O) groups excluding carboxylic acids is 1. The maximum Gasteiger partial charge on any atom is 0.410 e. The Kier molecular flexibility index (Phi) is 5.66. The van der Waals surface area contributed by atoms with Gasteiger partial charge in [-0.15, -0.1) is 0 Å². The molecule has 132 valence electrons. The van der Waals surface area contributed by atoms with E-state index in [1.54, 1.807) is 11.1 Å². The third-order valence-electron chi connectivity index (χ3n) is 4.70. The lowest BCUT2D eigenvalue weighted by atomic mass is 10.0. The second kappa shape index (κ2) is 8.12. The third kappa shape index (κ3) is 4.17. The Morgan fingerprint density at radius 1 is 1.28 bits per heavy atom. The largest absolute Gasteiger partial charge is 0.446 e. The van der Waals surface area contributed by atoms with Gasteiger partial charge >= 0.3 is 6.09 Å². The van der Waals surface area contributed by atoms with Crippen molar-refractivity contribution in [3.63, 3.8) is 0 Å². The van der Waals surface area contributed by atoms with Crippen molar-refractivity contribution in [3.8, 4) is 11.3 Å². The molecule has 2 heterocycles. The van der Waals surface area contributed by atoms with Gasteiger partial charge in [0.05, 0.1) is 11.7 Å². The summed E-state index contributed by atoms with van der Waals surface area (Å²) in [4.78, 5) is 18.4. The Morgan fingerprint density at radius 2 is 2.08 bits per heavy atom. The van der Waals surface area contributed by atoms with Crippen LogP contribution in [0.4, 0.5) is 4.79 Å². The maximum atomic E-state index is 12.3. The van der Waals surface area contributed by atoms with E-state index in [0.29, 0.717) is 13.0 Å². The number of benzene rings is 1. The number of hydrogen-bond acceptors (Lipinski definition) is 4. The van der Waals surface area contributed by atoms with Gasteiger partial charge in [-0.1, -0.05) is 30.3 Å². The van der Waals surface area contributed by atoms with Crippen LogP contribution in [0.2, 0.25) is 0 Å². The van der Waals surface area contributed by atoms with Crippen molar-refractivity contribution < 1.29 is 14.6 Å². The van der Waals surface area contributed by atoms with Crippen molar-refractivity contribution in [1.82, 2.24) is 9.88 Å². The molecule has 1 aromatic heterocycles. The highest BCUT2D eigenvalue weighted by molar-refractivity contribution is 5.69. The minimum absolute atomic E-state index is 0.0379. The fraction of sp³-hybridized carbons (Fsp3) is 0.400. The molecule has 1 aliphatic heterocycles. The molecule has 0 bridgehead atoms. The predicted molar refractivity (Wildman–Crippen MR) is 96.0 cm³/mol. The molecule has 1 saturated heterocycles. The molecule has 1 N–H and O–H groups in total. The van der Waals surface area contributed by atoms with Gasteiger partial charge in [0.2, 0.25) is 0 Å². The van der Waals surface area contributed by atoms with Crippen LogP contribution >= 0.6 is 0 Å². The van der Waals surface area contributed by atoms with Crippen molar-refractivity contribution in [3.05, 3.63) is 54.2 Å². The van der Waals surface area contributed by atoms with Crippen LogP contribution in [-0.4, -0.2) is 40.3 Å². The molecule has 1 aromatic carbocycles. The van der Waals surface area contributed by atoms with Gasteiger partial charge in [-0.3, -0.25) is 4.98 Å². The van der Waals surface area contributed by atoms with Gasteiger partial charge < -0.3 is 14.7 Å². The molecule has 0 radical (unpaired) electrons. The third-order valence-corrected chi connectivity index (χ3v) is 4.70. The van der Waals surface area contributed by atoms with Crippen LogP contribution in [0, 0.1) is 0 Å². The van der Waals surface area contributed by atoms with E-state index in [1.807, 2.05) is 49.4 Å². The summed E-state index contributed by atoms with van der Waals surface area (Å²) in [5.41, 5.74) is 3.07. The van der Waals surface area contributed by atoms with E-state index < -0.39 is 0 Å². The monoisotopic (exact) mass is 340 g/mol. The van der Waals surface area contributed by atoms with Gasteiger partial charge in [-0.2, -0.15) is 0 Å². The Morgan fingerprint density at radius 3 is 2.72 bits per heavy atom. The Bertz CT molecular complexity index is 688. The number of pyridine rings is 1. The molecule has 3 rings (SSSR count). The molecule has 2 unspecified atom stereocenters. The van der Waals surface area contributed by atoms with Gasteiger partial charge in [0.15, 0.2) is 0 Å². The second-order valence-corrected chi connectivity index (χ2v) is 6.37. The zero-order valence-electron chi connectivity index (χ0n) is 14.5. The topological polar surface area (TPSA) is 62.7 Å². The lowest BCUT2D eigenvalue weighted by Crippen LogP contribution is -2.43. The molecule has 0 aliphatic carbocycles. The van der Waals surface area contributed by atoms with E-state index in [0.717, 1.165) is 29.7 Å². The highest BCUT2D eigenvalue weighted by Crippen LogP contribution is 2.28. The number of ether oxygens (including phenoxy) is 1. The molecule has 5 heteroatoms. The van der Waals surface area contributed by atoms with Crippen LogP contribution in [0.3, 0.4) is 0 Å². The van der Waals surface area contributed by atoms with E-state index in [2.05, 4.69) is 4.98 Å². The number of aliphatic hydroxyl groups is 1. The van der Waals surface area contributed by atoms with Crippen molar-refractivity contribution in [2.75, 3.05) is 13.2 Å². The summed E-state index contributed by atoms with van der Waals surface area (Å²) >= 11 is 0. The first-order chi connectivity index (χ1) is 12.2. The van der Waals surface area contributed by atoms with E-state index >= 15 is 0 Å². The first-order valence-electron chi connectivity index (χ1n) is 8.78. The fourth-order valence-electron chi connectivity index (χ4n) is 3.16. The molecule has 2 aromatic rings. The van der Waals surface area contributed by atoms with Crippen LogP contribution in [0.5, 0.6) is 0 Å². The first kappa shape index (κ1) is 17.4. The van der Waals surface area contributed by atoms with Gasteiger partial charge in [0.1, 0.15) is 6.10 Å². The highest BCUT2D eigenvalue weighted by Gasteiger charge is 2.30. The van der Waals surface area contributed by atoms with Crippen molar-refractivity contribution >= 4 is 6.09 Å². The molecule has 2 atom stereocenters. The Balaban J connectivity index is 1.65. The summed E-state index contributed by atoms with van der Waals surface area (Å²) in [7, 11) is 0. The summed E-state index contributed by atoms with van der Waals surface area (Å²) in [6.45, 7) is 2.83. The smallest absolute Gasteiger partial charge is 0.410 e. The number of rotatable bonds is 6. The zero-order chi connectivity index (χ0) is 17.6. The Hall–Kier alpha value is -2.40. The summed E-state index contributed by atoms with van der Waals surface area (Å²) in [6, 6.07) is 14.0. The van der Waals surface area contributed by atoms with Gasteiger partial charge in [-0.05, 0) is 37.5 Å². The predicted octanol–water partition coefficient (Wildman–Crippen LogP) is 3.79. The molecule has 1 aliphatic rings. The number of hydrogen-bond donors (Lipinski definition) is 1. The number of carbonyl (C=O) groups is 1. The lowest BCUT2D eigenvalue weighted by Gasteiger charge is -2.35. The van der Waals surface area contributed by atoms with Crippen LogP contribution in [0.15, 0.2) is 48.7 Å². The zero-order valence-corrected chi connectivity index (χ0v) is 14.5. The summed E-state index contributed by atoms with van der Waals surface area (Å²) in [6.07, 6.45) is 3.64. The second-order valence-electron chi connectivity index (χ2n) is 6.37. The average Bonchev–Trinajstić information content (AvgIpc) is 2.67. The normalized spacial score (nSPS) is 18.7.